The monoisotopic (exact) mass is 238 g/mol. The van der Waals surface area contributed by atoms with E-state index >= 15 is 0 Å². The van der Waals surface area contributed by atoms with Gasteiger partial charge in [0.1, 0.15) is 5.82 Å². The van der Waals surface area contributed by atoms with E-state index in [1.54, 1.807) is 6.07 Å². The Labute approximate surface area is 98.5 Å². The lowest BCUT2D eigenvalue weighted by atomic mass is 9.88. The summed E-state index contributed by atoms with van der Waals surface area (Å²) in [6.45, 7) is 5.97. The third kappa shape index (κ3) is 2.11. The maximum Gasteiger partial charge on any atom is 0.124 e. The fourth-order valence-corrected chi connectivity index (χ4v) is 2.91. The van der Waals surface area contributed by atoms with Crippen LogP contribution >= 0.6 is 11.3 Å². The second-order valence-corrected chi connectivity index (χ2v) is 6.21. The minimum absolute atomic E-state index is 0.195. The normalized spacial score (nSPS) is 14.3. The summed E-state index contributed by atoms with van der Waals surface area (Å²) in [7, 11) is 0. The van der Waals surface area contributed by atoms with Gasteiger partial charge in [-0.2, -0.15) is 0 Å². The Kier molecular flexibility index (Phi) is 2.76. The average molecular weight is 238 g/mol. The summed E-state index contributed by atoms with van der Waals surface area (Å²) in [5.74, 6) is -0.230. The van der Waals surface area contributed by atoms with E-state index in [9.17, 15) is 9.50 Å². The van der Waals surface area contributed by atoms with Gasteiger partial charge in [-0.15, -0.1) is 11.3 Å². The van der Waals surface area contributed by atoms with E-state index in [-0.39, 0.29) is 11.2 Å². The van der Waals surface area contributed by atoms with Crippen molar-refractivity contribution in [3.05, 3.63) is 35.0 Å². The zero-order valence-electron chi connectivity index (χ0n) is 9.62. The van der Waals surface area contributed by atoms with Gasteiger partial charge in [0, 0.05) is 9.58 Å². The van der Waals surface area contributed by atoms with Crippen LogP contribution in [0, 0.1) is 11.2 Å². The number of hydrogen-bond acceptors (Lipinski definition) is 2. The molecule has 16 heavy (non-hydrogen) atoms. The fourth-order valence-electron chi connectivity index (χ4n) is 1.59. The van der Waals surface area contributed by atoms with E-state index in [1.165, 1.54) is 23.5 Å². The smallest absolute Gasteiger partial charge is 0.124 e. The summed E-state index contributed by atoms with van der Waals surface area (Å²) < 4.78 is 13.9. The van der Waals surface area contributed by atoms with Gasteiger partial charge >= 0.3 is 0 Å². The molecule has 0 bridgehead atoms. The molecule has 86 valence electrons. The second kappa shape index (κ2) is 3.82. The highest BCUT2D eigenvalue weighted by molar-refractivity contribution is 7.19. The molecule has 1 heterocycles. The third-order valence-corrected chi connectivity index (χ3v) is 3.74. The van der Waals surface area contributed by atoms with Crippen molar-refractivity contribution in [2.24, 2.45) is 5.41 Å². The Morgan fingerprint density at radius 2 is 1.94 bits per heavy atom. The molecule has 0 saturated heterocycles. The van der Waals surface area contributed by atoms with Gasteiger partial charge in [0.05, 0.1) is 6.10 Å². The lowest BCUT2D eigenvalue weighted by Crippen LogP contribution is -2.16. The van der Waals surface area contributed by atoms with Gasteiger partial charge in [-0.05, 0) is 29.0 Å². The van der Waals surface area contributed by atoms with Crippen molar-refractivity contribution in [3.8, 4) is 0 Å². The Hall–Kier alpha value is -0.930. The zero-order valence-corrected chi connectivity index (χ0v) is 10.4. The number of thiophene rings is 1. The minimum Gasteiger partial charge on any atom is -0.387 e. The largest absolute Gasteiger partial charge is 0.387 e. The first-order valence-corrected chi connectivity index (χ1v) is 6.06. The number of aliphatic hydroxyl groups is 1. The van der Waals surface area contributed by atoms with Gasteiger partial charge in [-0.3, -0.25) is 0 Å². The van der Waals surface area contributed by atoms with E-state index in [4.69, 9.17) is 0 Å². The van der Waals surface area contributed by atoms with Crippen LogP contribution in [-0.4, -0.2) is 5.11 Å². The molecule has 1 unspecified atom stereocenters. The number of rotatable bonds is 1. The lowest BCUT2D eigenvalue weighted by molar-refractivity contribution is 0.0659. The summed E-state index contributed by atoms with van der Waals surface area (Å²) in [4.78, 5) is 0.896. The van der Waals surface area contributed by atoms with Crippen molar-refractivity contribution in [2.45, 2.75) is 26.9 Å². The molecular weight excluding hydrogens is 223 g/mol. The van der Waals surface area contributed by atoms with Crippen LogP contribution in [0.25, 0.3) is 10.1 Å². The van der Waals surface area contributed by atoms with Gasteiger partial charge in [0.2, 0.25) is 0 Å². The van der Waals surface area contributed by atoms with Gasteiger partial charge < -0.3 is 5.11 Å². The van der Waals surface area contributed by atoms with Crippen LogP contribution in [0.3, 0.4) is 0 Å². The fraction of sp³-hybridized carbons (Fsp3) is 0.385. The SMILES string of the molecule is CC(C)(C)C(O)c1cc2ccc(F)cc2s1. The van der Waals surface area contributed by atoms with Gasteiger partial charge in [0.15, 0.2) is 0 Å². The Bertz CT molecular complexity index is 510. The highest BCUT2D eigenvalue weighted by Crippen LogP contribution is 2.38. The van der Waals surface area contributed by atoms with Crippen molar-refractivity contribution in [2.75, 3.05) is 0 Å². The molecule has 0 aliphatic heterocycles. The van der Waals surface area contributed by atoms with Gasteiger partial charge in [-0.25, -0.2) is 4.39 Å². The van der Waals surface area contributed by atoms with Crippen molar-refractivity contribution < 1.29 is 9.50 Å². The van der Waals surface area contributed by atoms with E-state index in [0.29, 0.717) is 0 Å². The van der Waals surface area contributed by atoms with Crippen molar-refractivity contribution in [1.82, 2.24) is 0 Å². The van der Waals surface area contributed by atoms with Crippen LogP contribution in [0.4, 0.5) is 4.39 Å². The Morgan fingerprint density at radius 3 is 2.56 bits per heavy atom. The molecule has 0 saturated carbocycles. The number of halogens is 1. The third-order valence-electron chi connectivity index (χ3n) is 2.59. The van der Waals surface area contributed by atoms with Gasteiger partial charge in [-0.1, -0.05) is 26.8 Å². The van der Waals surface area contributed by atoms with E-state index < -0.39 is 6.10 Å². The molecule has 1 aromatic carbocycles. The number of fused-ring (bicyclic) bond motifs is 1. The first kappa shape index (κ1) is 11.6. The number of benzene rings is 1. The standard InChI is InChI=1S/C13H15FOS/c1-13(2,3)12(15)11-6-8-4-5-9(14)7-10(8)16-11/h4-7,12,15H,1-3H3. The summed E-state index contributed by atoms with van der Waals surface area (Å²) in [5, 5.41) is 11.1. The summed E-state index contributed by atoms with van der Waals surface area (Å²) in [6, 6.07) is 6.65. The molecular formula is C13H15FOS. The van der Waals surface area contributed by atoms with Crippen LogP contribution in [-0.2, 0) is 0 Å². The molecule has 0 aliphatic rings. The molecule has 1 nitrogen and oxygen atoms in total. The summed E-state index contributed by atoms with van der Waals surface area (Å²) in [6.07, 6.45) is -0.507. The van der Waals surface area contributed by atoms with Gasteiger partial charge in [0.25, 0.3) is 0 Å². The van der Waals surface area contributed by atoms with Crippen LogP contribution < -0.4 is 0 Å². The first-order chi connectivity index (χ1) is 7.38. The summed E-state index contributed by atoms with van der Waals surface area (Å²) >= 11 is 1.46. The predicted octanol–water partition coefficient (Wildman–Crippen LogP) is 4.12. The van der Waals surface area contributed by atoms with E-state index in [2.05, 4.69) is 0 Å². The molecule has 1 aromatic heterocycles. The highest BCUT2D eigenvalue weighted by atomic mass is 32.1. The molecule has 0 aliphatic carbocycles. The molecule has 2 aromatic rings. The maximum absolute atomic E-state index is 13.0. The quantitative estimate of drug-likeness (QED) is 0.792. The topological polar surface area (TPSA) is 20.2 Å². The maximum atomic E-state index is 13.0. The Balaban J connectivity index is 2.47. The average Bonchev–Trinajstić information content (AvgIpc) is 2.57. The van der Waals surface area contributed by atoms with Crippen LogP contribution in [0.2, 0.25) is 0 Å². The number of hydrogen-bond donors (Lipinski definition) is 1. The molecule has 0 amide bonds. The molecule has 0 radical (unpaired) electrons. The van der Waals surface area contributed by atoms with E-state index in [0.717, 1.165) is 15.0 Å². The summed E-state index contributed by atoms with van der Waals surface area (Å²) in [5.41, 5.74) is -0.195. The van der Waals surface area contributed by atoms with Crippen molar-refractivity contribution in [3.63, 3.8) is 0 Å². The molecule has 1 atom stereocenters. The number of aliphatic hydroxyl groups excluding tert-OH is 1. The molecule has 3 heteroatoms. The lowest BCUT2D eigenvalue weighted by Gasteiger charge is -2.24. The molecule has 0 spiro atoms. The second-order valence-electron chi connectivity index (χ2n) is 5.10. The first-order valence-electron chi connectivity index (χ1n) is 5.25. The predicted molar refractivity (Wildman–Crippen MR) is 66.2 cm³/mol. The van der Waals surface area contributed by atoms with Crippen molar-refractivity contribution >= 4 is 21.4 Å². The van der Waals surface area contributed by atoms with Crippen LogP contribution in [0.1, 0.15) is 31.8 Å². The molecule has 1 N–H and O–H groups in total. The van der Waals surface area contributed by atoms with E-state index in [1.807, 2.05) is 26.8 Å². The molecule has 2 rings (SSSR count). The minimum atomic E-state index is -0.507. The van der Waals surface area contributed by atoms with Crippen molar-refractivity contribution in [1.29, 1.82) is 0 Å². The van der Waals surface area contributed by atoms with Crippen LogP contribution in [0.15, 0.2) is 24.3 Å². The molecule has 0 fully saturated rings. The Morgan fingerprint density at radius 1 is 1.25 bits per heavy atom. The zero-order chi connectivity index (χ0) is 11.9. The highest BCUT2D eigenvalue weighted by Gasteiger charge is 2.25. The van der Waals surface area contributed by atoms with Crippen LogP contribution in [0.5, 0.6) is 0 Å².